The third kappa shape index (κ3) is 4.63. The number of hydrogen-bond acceptors (Lipinski definition) is 4. The van der Waals surface area contributed by atoms with E-state index in [2.05, 4.69) is 13.0 Å². The molecule has 1 aromatic heterocycles. The van der Waals surface area contributed by atoms with Crippen molar-refractivity contribution >= 4 is 17.5 Å². The van der Waals surface area contributed by atoms with Gasteiger partial charge in [0.15, 0.2) is 0 Å². The number of nitrogens with zero attached hydrogens (tertiary/aromatic N) is 4. The van der Waals surface area contributed by atoms with Crippen molar-refractivity contribution in [1.82, 2.24) is 14.7 Å². The predicted octanol–water partition coefficient (Wildman–Crippen LogP) is 4.70. The zero-order valence-electron chi connectivity index (χ0n) is 17.3. The number of fused-ring (bicyclic) bond motifs is 1. The molecule has 1 aliphatic rings. The van der Waals surface area contributed by atoms with E-state index in [1.54, 1.807) is 16.8 Å². The zero-order valence-corrected chi connectivity index (χ0v) is 18.0. The second kappa shape index (κ2) is 9.34. The van der Waals surface area contributed by atoms with Crippen LogP contribution >= 0.6 is 11.6 Å². The van der Waals surface area contributed by atoms with Gasteiger partial charge in [-0.25, -0.2) is 0 Å². The SMILES string of the molecule is CCCOCC1CN(Cc2ccc(C#N)cc2)C(=O)c2cc(-c3ccc(Cl)cc3)nn21. The van der Waals surface area contributed by atoms with E-state index in [4.69, 9.17) is 26.7 Å². The summed E-state index contributed by atoms with van der Waals surface area (Å²) in [5.74, 6) is -0.0659. The third-order valence-corrected chi connectivity index (χ3v) is 5.53. The lowest BCUT2D eigenvalue weighted by Crippen LogP contribution is -2.44. The first-order valence-corrected chi connectivity index (χ1v) is 10.7. The Morgan fingerprint density at radius 1 is 1.19 bits per heavy atom. The van der Waals surface area contributed by atoms with Crippen LogP contribution in [0.4, 0.5) is 0 Å². The zero-order chi connectivity index (χ0) is 21.8. The van der Waals surface area contributed by atoms with Gasteiger partial charge in [-0.2, -0.15) is 10.4 Å². The maximum absolute atomic E-state index is 13.3. The molecule has 0 N–H and O–H groups in total. The summed E-state index contributed by atoms with van der Waals surface area (Å²) < 4.78 is 7.62. The molecular formula is C24H23ClN4O2. The first-order valence-electron chi connectivity index (χ1n) is 10.3. The van der Waals surface area contributed by atoms with Crippen LogP contribution in [0.1, 0.15) is 41.0 Å². The summed E-state index contributed by atoms with van der Waals surface area (Å²) in [4.78, 5) is 15.1. The van der Waals surface area contributed by atoms with Crippen molar-refractivity contribution < 1.29 is 9.53 Å². The minimum Gasteiger partial charge on any atom is -0.379 e. The Bertz CT molecular complexity index is 1100. The molecule has 7 heteroatoms. The highest BCUT2D eigenvalue weighted by Gasteiger charge is 2.33. The Morgan fingerprint density at radius 3 is 2.61 bits per heavy atom. The summed E-state index contributed by atoms with van der Waals surface area (Å²) >= 11 is 6.01. The van der Waals surface area contributed by atoms with Crippen LogP contribution in [0.5, 0.6) is 0 Å². The van der Waals surface area contributed by atoms with Crippen LogP contribution in [0.2, 0.25) is 5.02 Å². The van der Waals surface area contributed by atoms with Crippen LogP contribution < -0.4 is 0 Å². The number of benzene rings is 2. The van der Waals surface area contributed by atoms with E-state index in [0.717, 1.165) is 23.2 Å². The maximum Gasteiger partial charge on any atom is 0.272 e. The standard InChI is InChI=1S/C24H23ClN4O2/c1-2-11-31-16-21-15-28(14-18-5-3-17(13-26)4-6-18)24(30)23-12-22(27-29(21)23)19-7-9-20(25)10-8-19/h3-10,12,21H,2,11,14-16H2,1H3. The highest BCUT2D eigenvalue weighted by atomic mass is 35.5. The van der Waals surface area contributed by atoms with Crippen molar-refractivity contribution in [2.75, 3.05) is 19.8 Å². The van der Waals surface area contributed by atoms with Gasteiger partial charge in [-0.1, -0.05) is 42.8 Å². The third-order valence-electron chi connectivity index (χ3n) is 5.27. The van der Waals surface area contributed by atoms with Crippen molar-refractivity contribution in [3.05, 3.63) is 76.4 Å². The first-order chi connectivity index (χ1) is 15.1. The van der Waals surface area contributed by atoms with E-state index in [-0.39, 0.29) is 11.9 Å². The fourth-order valence-corrected chi connectivity index (χ4v) is 3.83. The number of ether oxygens (including phenoxy) is 1. The summed E-state index contributed by atoms with van der Waals surface area (Å²) in [7, 11) is 0. The van der Waals surface area contributed by atoms with Gasteiger partial charge in [-0.3, -0.25) is 9.48 Å². The molecule has 0 saturated heterocycles. The average molecular weight is 435 g/mol. The number of rotatable bonds is 7. The number of carbonyl (C=O) groups is 1. The van der Waals surface area contributed by atoms with E-state index >= 15 is 0 Å². The van der Waals surface area contributed by atoms with E-state index in [1.807, 2.05) is 47.4 Å². The normalized spacial score (nSPS) is 15.6. The maximum atomic E-state index is 13.3. The Balaban J connectivity index is 1.63. The minimum atomic E-state index is -0.0707. The first kappa shape index (κ1) is 21.1. The molecule has 0 fully saturated rings. The lowest BCUT2D eigenvalue weighted by Gasteiger charge is -2.33. The van der Waals surface area contributed by atoms with Gasteiger partial charge in [-0.15, -0.1) is 0 Å². The van der Waals surface area contributed by atoms with Crippen LogP contribution in [0.3, 0.4) is 0 Å². The number of hydrogen-bond donors (Lipinski definition) is 0. The molecule has 0 bridgehead atoms. The molecule has 2 aromatic carbocycles. The fourth-order valence-electron chi connectivity index (χ4n) is 3.70. The lowest BCUT2D eigenvalue weighted by molar-refractivity contribution is 0.0471. The van der Waals surface area contributed by atoms with Gasteiger partial charge < -0.3 is 9.64 Å². The topological polar surface area (TPSA) is 71.2 Å². The molecule has 2 heterocycles. The van der Waals surface area contributed by atoms with Gasteiger partial charge >= 0.3 is 0 Å². The number of nitriles is 1. The summed E-state index contributed by atoms with van der Waals surface area (Å²) in [5.41, 5.74) is 3.78. The van der Waals surface area contributed by atoms with Gasteiger partial charge in [-0.05, 0) is 42.3 Å². The van der Waals surface area contributed by atoms with Gasteiger partial charge in [0.2, 0.25) is 0 Å². The van der Waals surface area contributed by atoms with Crippen LogP contribution in [0.15, 0.2) is 54.6 Å². The molecule has 1 amide bonds. The summed E-state index contributed by atoms with van der Waals surface area (Å²) in [6, 6.07) is 18.6. The monoisotopic (exact) mass is 434 g/mol. The predicted molar refractivity (Wildman–Crippen MR) is 119 cm³/mol. The van der Waals surface area contributed by atoms with E-state index in [0.29, 0.717) is 42.6 Å². The molecule has 158 valence electrons. The smallest absolute Gasteiger partial charge is 0.272 e. The van der Waals surface area contributed by atoms with Crippen molar-refractivity contribution in [2.45, 2.75) is 25.9 Å². The van der Waals surface area contributed by atoms with E-state index in [9.17, 15) is 4.79 Å². The molecule has 1 aliphatic heterocycles. The number of aromatic nitrogens is 2. The van der Waals surface area contributed by atoms with Crippen LogP contribution in [-0.2, 0) is 11.3 Å². The molecule has 3 aromatic rings. The van der Waals surface area contributed by atoms with E-state index in [1.165, 1.54) is 0 Å². The Kier molecular flexibility index (Phi) is 6.36. The highest BCUT2D eigenvalue weighted by molar-refractivity contribution is 6.30. The quantitative estimate of drug-likeness (QED) is 0.505. The highest BCUT2D eigenvalue weighted by Crippen LogP contribution is 2.28. The van der Waals surface area contributed by atoms with Crippen LogP contribution in [-0.4, -0.2) is 40.3 Å². The van der Waals surface area contributed by atoms with Crippen molar-refractivity contribution in [3.8, 4) is 17.3 Å². The lowest BCUT2D eigenvalue weighted by atomic mass is 10.1. The summed E-state index contributed by atoms with van der Waals surface area (Å²) in [6.07, 6.45) is 0.933. The molecule has 0 saturated carbocycles. The summed E-state index contributed by atoms with van der Waals surface area (Å²) in [6.45, 7) is 4.20. The average Bonchev–Trinajstić information content (AvgIpc) is 3.24. The number of carbonyl (C=O) groups excluding carboxylic acids is 1. The molecule has 0 radical (unpaired) electrons. The van der Waals surface area contributed by atoms with Crippen molar-refractivity contribution in [1.29, 1.82) is 5.26 Å². The second-order valence-electron chi connectivity index (χ2n) is 7.59. The fraction of sp³-hybridized carbons (Fsp3) is 0.292. The Labute approximate surface area is 186 Å². The number of halogens is 1. The Morgan fingerprint density at radius 2 is 1.94 bits per heavy atom. The molecule has 0 aliphatic carbocycles. The minimum absolute atomic E-state index is 0.0659. The molecule has 31 heavy (non-hydrogen) atoms. The van der Waals surface area contributed by atoms with Gasteiger partial charge in [0, 0.05) is 30.3 Å². The molecular weight excluding hydrogens is 412 g/mol. The van der Waals surface area contributed by atoms with Crippen molar-refractivity contribution in [3.63, 3.8) is 0 Å². The second-order valence-corrected chi connectivity index (χ2v) is 8.03. The van der Waals surface area contributed by atoms with Gasteiger partial charge in [0.1, 0.15) is 5.69 Å². The largest absolute Gasteiger partial charge is 0.379 e. The van der Waals surface area contributed by atoms with E-state index < -0.39 is 0 Å². The van der Waals surface area contributed by atoms with Crippen LogP contribution in [0, 0.1) is 11.3 Å². The molecule has 0 spiro atoms. The molecule has 4 rings (SSSR count). The molecule has 6 nitrogen and oxygen atoms in total. The van der Waals surface area contributed by atoms with Crippen molar-refractivity contribution in [2.24, 2.45) is 0 Å². The molecule has 1 unspecified atom stereocenters. The Hall–Kier alpha value is -3.14. The number of amides is 1. The van der Waals surface area contributed by atoms with Gasteiger partial charge in [0.05, 0.1) is 30.0 Å². The van der Waals surface area contributed by atoms with Gasteiger partial charge in [0.25, 0.3) is 5.91 Å². The summed E-state index contributed by atoms with van der Waals surface area (Å²) in [5, 5.41) is 14.4. The molecule has 1 atom stereocenters. The van der Waals surface area contributed by atoms with Crippen LogP contribution in [0.25, 0.3) is 11.3 Å².